The van der Waals surface area contributed by atoms with Gasteiger partial charge in [-0.1, -0.05) is 0 Å². The van der Waals surface area contributed by atoms with E-state index in [9.17, 15) is 31.1 Å². The summed E-state index contributed by atoms with van der Waals surface area (Å²) in [6, 6.07) is 6.09. The van der Waals surface area contributed by atoms with Crippen LogP contribution in [-0.2, 0) is 4.74 Å². The highest BCUT2D eigenvalue weighted by atomic mass is 19.4. The SMILES string of the molecule is COc1ccc2c(c1OC)C(=O)OC2Nc1cc(OCC(F)(F)F)cc(OCC(F)(F)F)c1. The summed E-state index contributed by atoms with van der Waals surface area (Å²) in [6.07, 6.45) is -10.5. The number of nitrogens with one attached hydrogen (secondary N) is 1. The van der Waals surface area contributed by atoms with Crippen molar-refractivity contribution in [3.8, 4) is 23.0 Å². The quantitative estimate of drug-likeness (QED) is 0.426. The zero-order valence-electron chi connectivity index (χ0n) is 17.1. The molecule has 0 radical (unpaired) electrons. The fourth-order valence-corrected chi connectivity index (χ4v) is 3.01. The van der Waals surface area contributed by atoms with Crippen LogP contribution in [0, 0.1) is 0 Å². The third-order valence-electron chi connectivity index (χ3n) is 4.27. The van der Waals surface area contributed by atoms with Crippen molar-refractivity contribution in [2.24, 2.45) is 0 Å². The lowest BCUT2D eigenvalue weighted by Gasteiger charge is -2.18. The first kappa shape index (κ1) is 24.1. The maximum Gasteiger partial charge on any atom is 0.422 e. The summed E-state index contributed by atoms with van der Waals surface area (Å²) in [7, 11) is 2.69. The molecule has 2 aromatic rings. The summed E-state index contributed by atoms with van der Waals surface area (Å²) in [5.74, 6) is -1.21. The Labute approximate surface area is 183 Å². The van der Waals surface area contributed by atoms with E-state index >= 15 is 0 Å². The van der Waals surface area contributed by atoms with Gasteiger partial charge in [0.1, 0.15) is 17.1 Å². The minimum Gasteiger partial charge on any atom is -0.493 e. The van der Waals surface area contributed by atoms with Crippen molar-refractivity contribution in [1.82, 2.24) is 0 Å². The second-order valence-electron chi connectivity index (χ2n) is 6.70. The van der Waals surface area contributed by atoms with Crippen molar-refractivity contribution in [3.63, 3.8) is 0 Å². The summed E-state index contributed by atoms with van der Waals surface area (Å²) < 4.78 is 100.0. The molecule has 1 atom stereocenters. The number of anilines is 1. The molecule has 1 aliphatic heterocycles. The summed E-state index contributed by atoms with van der Waals surface area (Å²) in [5.41, 5.74) is 0.358. The molecule has 0 bridgehead atoms. The highest BCUT2D eigenvalue weighted by Gasteiger charge is 2.36. The third-order valence-corrected chi connectivity index (χ3v) is 4.27. The highest BCUT2D eigenvalue weighted by Crippen LogP contribution is 2.42. The standard InChI is InChI=1S/C20H17F6NO6/c1-29-14-4-3-13-15(16(14)30-2)18(28)33-17(13)27-10-5-11(31-8-19(21,22)23)7-12(6-10)32-9-20(24,25)26/h3-7,17,27H,8-9H2,1-2H3. The lowest BCUT2D eigenvalue weighted by molar-refractivity contribution is -0.153. The number of alkyl halides is 6. The Morgan fingerprint density at radius 3 is 1.97 bits per heavy atom. The van der Waals surface area contributed by atoms with E-state index in [0.717, 1.165) is 18.2 Å². The van der Waals surface area contributed by atoms with E-state index in [-0.39, 0.29) is 22.7 Å². The smallest absolute Gasteiger partial charge is 0.422 e. The molecular weight excluding hydrogens is 464 g/mol. The average Bonchev–Trinajstić information content (AvgIpc) is 3.04. The molecule has 180 valence electrons. The first-order chi connectivity index (χ1) is 15.4. The van der Waals surface area contributed by atoms with Crippen LogP contribution in [0.1, 0.15) is 22.1 Å². The molecule has 2 aromatic carbocycles. The van der Waals surface area contributed by atoms with E-state index in [1.165, 1.54) is 26.4 Å². The van der Waals surface area contributed by atoms with Crippen molar-refractivity contribution in [3.05, 3.63) is 41.5 Å². The van der Waals surface area contributed by atoms with E-state index in [4.69, 9.17) is 14.2 Å². The lowest BCUT2D eigenvalue weighted by Crippen LogP contribution is -2.20. The number of hydrogen-bond acceptors (Lipinski definition) is 7. The Morgan fingerprint density at radius 2 is 1.48 bits per heavy atom. The fourth-order valence-electron chi connectivity index (χ4n) is 3.01. The van der Waals surface area contributed by atoms with Gasteiger partial charge in [0.15, 0.2) is 24.7 Å². The number of cyclic esters (lactones) is 1. The van der Waals surface area contributed by atoms with E-state index in [1.807, 2.05) is 0 Å². The minimum absolute atomic E-state index is 0.0210. The minimum atomic E-state index is -4.67. The molecule has 1 aliphatic rings. The Hall–Kier alpha value is -3.51. The first-order valence-corrected chi connectivity index (χ1v) is 9.17. The average molecular weight is 481 g/mol. The number of halogens is 6. The number of fused-ring (bicyclic) bond motifs is 1. The molecule has 1 unspecified atom stereocenters. The summed E-state index contributed by atoms with van der Waals surface area (Å²) >= 11 is 0. The maximum absolute atomic E-state index is 12.5. The Morgan fingerprint density at radius 1 is 0.909 bits per heavy atom. The van der Waals surface area contributed by atoms with Gasteiger partial charge in [0, 0.05) is 29.4 Å². The number of methoxy groups -OCH3 is 2. The van der Waals surface area contributed by atoms with Gasteiger partial charge in [-0.15, -0.1) is 0 Å². The van der Waals surface area contributed by atoms with Crippen LogP contribution in [0.4, 0.5) is 32.0 Å². The molecule has 13 heteroatoms. The van der Waals surface area contributed by atoms with Crippen molar-refractivity contribution >= 4 is 11.7 Å². The van der Waals surface area contributed by atoms with Gasteiger partial charge in [0.25, 0.3) is 0 Å². The van der Waals surface area contributed by atoms with E-state index < -0.39 is 49.3 Å². The molecule has 0 spiro atoms. The van der Waals surface area contributed by atoms with Crippen LogP contribution >= 0.6 is 0 Å². The zero-order valence-corrected chi connectivity index (χ0v) is 17.1. The number of carbonyl (C=O) groups excluding carboxylic acids is 1. The van der Waals surface area contributed by atoms with Crippen LogP contribution in [-0.4, -0.2) is 45.8 Å². The molecule has 1 N–H and O–H groups in total. The topological polar surface area (TPSA) is 75.3 Å². The molecule has 33 heavy (non-hydrogen) atoms. The summed E-state index contributed by atoms with van der Waals surface area (Å²) in [4.78, 5) is 12.4. The zero-order chi connectivity index (χ0) is 24.4. The van der Waals surface area contributed by atoms with Gasteiger partial charge in [-0.3, -0.25) is 0 Å². The van der Waals surface area contributed by atoms with Crippen LogP contribution in [0.5, 0.6) is 23.0 Å². The first-order valence-electron chi connectivity index (χ1n) is 9.17. The van der Waals surface area contributed by atoms with Crippen LogP contribution in [0.2, 0.25) is 0 Å². The molecule has 0 fully saturated rings. The lowest BCUT2D eigenvalue weighted by atomic mass is 10.1. The van der Waals surface area contributed by atoms with Crippen molar-refractivity contribution in [2.75, 3.05) is 32.8 Å². The molecule has 7 nitrogen and oxygen atoms in total. The van der Waals surface area contributed by atoms with Gasteiger partial charge in [-0.25, -0.2) is 4.79 Å². The summed E-state index contributed by atoms with van der Waals surface area (Å²) in [5, 5.41) is 2.73. The van der Waals surface area contributed by atoms with Crippen molar-refractivity contribution in [2.45, 2.75) is 18.6 Å². The van der Waals surface area contributed by atoms with E-state index in [2.05, 4.69) is 14.8 Å². The van der Waals surface area contributed by atoms with Crippen LogP contribution in [0.3, 0.4) is 0 Å². The number of esters is 1. The van der Waals surface area contributed by atoms with Crippen LogP contribution < -0.4 is 24.3 Å². The highest BCUT2D eigenvalue weighted by molar-refractivity contribution is 5.98. The van der Waals surface area contributed by atoms with Crippen molar-refractivity contribution < 1.29 is 54.8 Å². The second kappa shape index (κ2) is 9.16. The summed E-state index contributed by atoms with van der Waals surface area (Å²) in [6.45, 7) is -3.35. The van der Waals surface area contributed by atoms with E-state index in [1.54, 1.807) is 0 Å². The molecule has 0 saturated heterocycles. The number of carbonyl (C=O) groups is 1. The third kappa shape index (κ3) is 6.05. The van der Waals surface area contributed by atoms with E-state index in [0.29, 0.717) is 5.56 Å². The molecule has 0 aliphatic carbocycles. The van der Waals surface area contributed by atoms with Gasteiger partial charge in [0.2, 0.25) is 6.23 Å². The molecule has 1 heterocycles. The Balaban J connectivity index is 1.90. The number of hydrogen-bond donors (Lipinski definition) is 1. The number of benzene rings is 2. The molecule has 0 amide bonds. The van der Waals surface area contributed by atoms with Gasteiger partial charge in [-0.2, -0.15) is 26.3 Å². The molecule has 3 rings (SSSR count). The predicted molar refractivity (Wildman–Crippen MR) is 101 cm³/mol. The predicted octanol–water partition coefficient (Wildman–Crippen LogP) is 4.87. The fraction of sp³-hybridized carbons (Fsp3) is 0.350. The van der Waals surface area contributed by atoms with Gasteiger partial charge < -0.3 is 29.0 Å². The molecule has 0 saturated carbocycles. The normalized spacial score (nSPS) is 15.5. The largest absolute Gasteiger partial charge is 0.493 e. The molecule has 0 aromatic heterocycles. The van der Waals surface area contributed by atoms with Crippen molar-refractivity contribution in [1.29, 1.82) is 0 Å². The number of rotatable bonds is 8. The number of ether oxygens (including phenoxy) is 5. The molecular formula is C20H17F6NO6. The monoisotopic (exact) mass is 481 g/mol. The van der Waals surface area contributed by atoms with Gasteiger partial charge >= 0.3 is 18.3 Å². The van der Waals surface area contributed by atoms with Crippen LogP contribution in [0.15, 0.2) is 30.3 Å². The second-order valence-corrected chi connectivity index (χ2v) is 6.70. The van der Waals surface area contributed by atoms with Gasteiger partial charge in [0.05, 0.1) is 14.2 Å². The Kier molecular flexibility index (Phi) is 6.70. The van der Waals surface area contributed by atoms with Gasteiger partial charge in [-0.05, 0) is 12.1 Å². The maximum atomic E-state index is 12.5. The van der Waals surface area contributed by atoms with Crippen LogP contribution in [0.25, 0.3) is 0 Å². The Bertz CT molecular complexity index is 987.